The zero-order valence-electron chi connectivity index (χ0n) is 24.7. The van der Waals surface area contributed by atoms with E-state index in [4.69, 9.17) is 21.3 Å². The summed E-state index contributed by atoms with van der Waals surface area (Å²) in [6.45, 7) is 5.23. The van der Waals surface area contributed by atoms with Crippen LogP contribution in [0.4, 0.5) is 11.6 Å². The molecule has 2 aliphatic rings. The number of carbonyl (C=O) groups is 1. The molecule has 0 bridgehead atoms. The number of sulfonamides is 1. The fraction of sp³-hybridized carbons (Fsp3) is 0.379. The minimum Gasteiger partial charge on any atom is -0.480 e. The topological polar surface area (TPSA) is 161 Å². The Morgan fingerprint density at radius 1 is 1.14 bits per heavy atom. The molecule has 4 aromatic rings. The van der Waals surface area contributed by atoms with Crippen LogP contribution >= 0.6 is 11.6 Å². The number of nitrogens with zero attached hydrogens (tertiary/aromatic N) is 6. The molecule has 1 aliphatic carbocycles. The molecule has 0 radical (unpaired) electrons. The molecule has 4 atom stereocenters. The van der Waals surface area contributed by atoms with Gasteiger partial charge in [0.25, 0.3) is 11.5 Å². The van der Waals surface area contributed by atoms with Gasteiger partial charge in [-0.05, 0) is 49.4 Å². The Morgan fingerprint density at radius 2 is 1.86 bits per heavy atom. The number of benzene rings is 1. The number of piperidine rings is 1. The van der Waals surface area contributed by atoms with Crippen molar-refractivity contribution < 1.29 is 17.9 Å². The molecule has 1 saturated carbocycles. The summed E-state index contributed by atoms with van der Waals surface area (Å²) < 4.78 is 32.1. The Balaban J connectivity index is 1.31. The molecule has 6 rings (SSSR count). The second-order valence-corrected chi connectivity index (χ2v) is 13.5. The van der Waals surface area contributed by atoms with Gasteiger partial charge in [0.2, 0.25) is 21.9 Å². The van der Waals surface area contributed by atoms with Crippen molar-refractivity contribution >= 4 is 50.1 Å². The van der Waals surface area contributed by atoms with Gasteiger partial charge in [0.05, 0.1) is 54.1 Å². The molecule has 230 valence electrons. The molecule has 1 saturated heterocycles. The second-order valence-electron chi connectivity index (χ2n) is 11.4. The molecule has 3 aromatic heterocycles. The molecule has 1 amide bonds. The molecule has 13 nitrogen and oxygen atoms in total. The predicted molar refractivity (Wildman–Crippen MR) is 166 cm³/mol. The SMILES string of the molecule is COc1cnc(C2[C@H]3CN(c4nc5c([C@@H](C)Nc6ccc(Cl)nc6C(=O)NS(C)(=O)=O)cc(C)cc5c(=O)n4C)C[C@@H]23)cn1. The smallest absolute Gasteiger partial charge is 0.285 e. The Bertz CT molecular complexity index is 1960. The molecule has 2 N–H and O–H groups in total. The number of hydrogen-bond acceptors (Lipinski definition) is 11. The van der Waals surface area contributed by atoms with Gasteiger partial charge in [-0.25, -0.2) is 28.1 Å². The highest BCUT2D eigenvalue weighted by molar-refractivity contribution is 7.89. The number of ether oxygens (including phenoxy) is 1. The summed E-state index contributed by atoms with van der Waals surface area (Å²) in [5.74, 6) is 1.22. The van der Waals surface area contributed by atoms with Crippen LogP contribution in [0.3, 0.4) is 0 Å². The summed E-state index contributed by atoms with van der Waals surface area (Å²) >= 11 is 6.03. The van der Waals surface area contributed by atoms with Gasteiger partial charge in [-0.15, -0.1) is 0 Å². The van der Waals surface area contributed by atoms with Crippen molar-refractivity contribution in [2.75, 3.05) is 36.7 Å². The zero-order valence-corrected chi connectivity index (χ0v) is 26.3. The number of halogens is 1. The lowest BCUT2D eigenvalue weighted by Gasteiger charge is -2.25. The zero-order chi connectivity index (χ0) is 31.5. The van der Waals surface area contributed by atoms with Gasteiger partial charge in [-0.1, -0.05) is 17.7 Å². The number of nitrogens with one attached hydrogen (secondary N) is 2. The Labute approximate surface area is 258 Å². The van der Waals surface area contributed by atoms with E-state index in [1.54, 1.807) is 37.2 Å². The van der Waals surface area contributed by atoms with Crippen LogP contribution in [-0.2, 0) is 17.1 Å². The van der Waals surface area contributed by atoms with Gasteiger partial charge >= 0.3 is 0 Å². The van der Waals surface area contributed by atoms with Crippen molar-refractivity contribution in [1.82, 2.24) is 29.2 Å². The summed E-state index contributed by atoms with van der Waals surface area (Å²) in [5.41, 5.74) is 3.01. The van der Waals surface area contributed by atoms with E-state index >= 15 is 0 Å². The first-order chi connectivity index (χ1) is 20.8. The lowest BCUT2D eigenvalue weighted by molar-refractivity contribution is 0.0977. The third-order valence-corrected chi connectivity index (χ3v) is 8.97. The van der Waals surface area contributed by atoms with Gasteiger partial charge in [-0.3, -0.25) is 19.1 Å². The quantitative estimate of drug-likeness (QED) is 0.273. The largest absolute Gasteiger partial charge is 0.480 e. The first-order valence-corrected chi connectivity index (χ1v) is 16.2. The molecule has 4 heterocycles. The molecule has 44 heavy (non-hydrogen) atoms. The highest BCUT2D eigenvalue weighted by Crippen LogP contribution is 2.58. The van der Waals surface area contributed by atoms with Crippen LogP contribution in [0.15, 0.2) is 41.5 Å². The fourth-order valence-corrected chi connectivity index (χ4v) is 6.72. The van der Waals surface area contributed by atoms with Crippen molar-refractivity contribution in [3.63, 3.8) is 0 Å². The van der Waals surface area contributed by atoms with E-state index in [0.29, 0.717) is 40.5 Å². The normalized spacial score (nSPS) is 19.9. The number of fused-ring (bicyclic) bond motifs is 2. The van der Waals surface area contributed by atoms with Gasteiger partial charge in [0.15, 0.2) is 5.69 Å². The summed E-state index contributed by atoms with van der Waals surface area (Å²) in [7, 11) is -0.543. The van der Waals surface area contributed by atoms with Crippen LogP contribution in [0.25, 0.3) is 10.9 Å². The van der Waals surface area contributed by atoms with Crippen LogP contribution in [-0.4, -0.2) is 65.3 Å². The van der Waals surface area contributed by atoms with E-state index in [0.717, 1.165) is 36.2 Å². The number of amides is 1. The number of anilines is 2. The van der Waals surface area contributed by atoms with E-state index in [1.807, 2.05) is 30.7 Å². The maximum absolute atomic E-state index is 13.7. The third kappa shape index (κ3) is 5.54. The summed E-state index contributed by atoms with van der Waals surface area (Å²) in [6, 6.07) is 6.36. The van der Waals surface area contributed by atoms with Crippen molar-refractivity contribution in [2.24, 2.45) is 18.9 Å². The van der Waals surface area contributed by atoms with Gasteiger partial charge in [-0.2, -0.15) is 0 Å². The average Bonchev–Trinajstić information content (AvgIpc) is 3.47. The van der Waals surface area contributed by atoms with Crippen LogP contribution in [0.5, 0.6) is 5.88 Å². The van der Waals surface area contributed by atoms with E-state index in [1.165, 1.54) is 6.07 Å². The Hall–Kier alpha value is -4.30. The van der Waals surface area contributed by atoms with E-state index in [9.17, 15) is 18.0 Å². The number of carbonyl (C=O) groups excluding carboxylic acids is 1. The molecule has 1 unspecified atom stereocenters. The van der Waals surface area contributed by atoms with E-state index in [-0.39, 0.29) is 22.1 Å². The molecule has 1 aromatic carbocycles. The van der Waals surface area contributed by atoms with Crippen LogP contribution in [0, 0.1) is 18.8 Å². The number of aryl methyl sites for hydroxylation is 1. The highest BCUT2D eigenvalue weighted by atomic mass is 35.5. The number of hydrogen-bond donors (Lipinski definition) is 2. The van der Waals surface area contributed by atoms with E-state index in [2.05, 4.69) is 25.2 Å². The molecule has 15 heteroatoms. The van der Waals surface area contributed by atoms with Gasteiger partial charge < -0.3 is 15.0 Å². The predicted octanol–water partition coefficient (Wildman–Crippen LogP) is 2.80. The summed E-state index contributed by atoms with van der Waals surface area (Å²) in [5, 5.41) is 3.75. The lowest BCUT2D eigenvalue weighted by Crippen LogP contribution is -2.32. The van der Waals surface area contributed by atoms with Crippen molar-refractivity contribution in [1.29, 1.82) is 0 Å². The molecule has 1 aliphatic heterocycles. The highest BCUT2D eigenvalue weighted by Gasteiger charge is 2.57. The minimum absolute atomic E-state index is 0.0302. The number of aromatic nitrogens is 5. The van der Waals surface area contributed by atoms with Crippen molar-refractivity contribution in [2.45, 2.75) is 25.8 Å². The third-order valence-electron chi connectivity index (χ3n) is 8.20. The van der Waals surface area contributed by atoms with Crippen LogP contribution in [0.1, 0.15) is 46.2 Å². The molecular weight excluding hydrogens is 608 g/mol. The maximum atomic E-state index is 13.7. The monoisotopic (exact) mass is 638 g/mol. The summed E-state index contributed by atoms with van der Waals surface area (Å²) in [6.07, 6.45) is 4.28. The number of methoxy groups -OCH3 is 1. The van der Waals surface area contributed by atoms with Crippen molar-refractivity contribution in [3.05, 3.63) is 74.7 Å². The fourth-order valence-electron chi connectivity index (χ4n) is 6.14. The Morgan fingerprint density at radius 3 is 2.50 bits per heavy atom. The second kappa shape index (κ2) is 11.0. The first kappa shape index (κ1) is 29.8. The standard InChI is InChI=1S/C29H31ClN8O5S/c1-14-8-16(15(2)33-20-6-7-22(30)34-26(20)27(39)36-44(5,41)42)25-17(9-14)28(40)37(3)29(35-25)38-12-18-19(13-38)24(18)21-10-32-23(43-4)11-31-21/h6-11,15,18-19,24,33H,12-13H2,1-5H3,(H,36,39)/t15-,18-,19+,24?/m1/s1. The maximum Gasteiger partial charge on any atom is 0.285 e. The number of pyridine rings is 1. The average molecular weight is 639 g/mol. The van der Waals surface area contributed by atoms with Gasteiger partial charge in [0.1, 0.15) is 5.15 Å². The van der Waals surface area contributed by atoms with Crippen LogP contribution < -0.4 is 25.2 Å². The Kier molecular flexibility index (Phi) is 7.44. The summed E-state index contributed by atoms with van der Waals surface area (Å²) in [4.78, 5) is 46.4. The number of rotatable bonds is 8. The molecule has 2 fully saturated rings. The van der Waals surface area contributed by atoms with Crippen molar-refractivity contribution in [3.8, 4) is 5.88 Å². The van der Waals surface area contributed by atoms with E-state index < -0.39 is 22.0 Å². The lowest BCUT2D eigenvalue weighted by atomic mass is 10.0. The minimum atomic E-state index is -3.83. The van der Waals surface area contributed by atoms with Crippen LogP contribution in [0.2, 0.25) is 5.15 Å². The first-order valence-electron chi connectivity index (χ1n) is 13.9. The molecule has 0 spiro atoms. The van der Waals surface area contributed by atoms with Gasteiger partial charge in [0, 0.05) is 31.6 Å². The molecular formula is C29H31ClN8O5S.